The van der Waals surface area contributed by atoms with Gasteiger partial charge in [-0.1, -0.05) is 0 Å². The summed E-state index contributed by atoms with van der Waals surface area (Å²) in [6.45, 7) is 0.0786. The highest BCUT2D eigenvalue weighted by molar-refractivity contribution is 7.89. The van der Waals surface area contributed by atoms with E-state index in [1.54, 1.807) is 16.8 Å². The molecule has 0 saturated heterocycles. The summed E-state index contributed by atoms with van der Waals surface area (Å²) < 4.78 is 48.4. The van der Waals surface area contributed by atoms with Gasteiger partial charge in [-0.3, -0.25) is 0 Å². The Hall–Kier alpha value is -3.24. The molecule has 0 aliphatic heterocycles. The van der Waals surface area contributed by atoms with Gasteiger partial charge in [-0.15, -0.1) is 0 Å². The third kappa shape index (κ3) is 4.81. The highest BCUT2D eigenvalue weighted by Gasteiger charge is 2.26. The molecular formula is C22H22FN3O5S. The summed E-state index contributed by atoms with van der Waals surface area (Å²) in [5.74, 6) is -0.461. The largest absolute Gasteiger partial charge is 0.490 e. The lowest BCUT2D eigenvalue weighted by atomic mass is 9.95. The van der Waals surface area contributed by atoms with Crippen molar-refractivity contribution < 1.29 is 27.1 Å². The molecule has 0 saturated carbocycles. The van der Waals surface area contributed by atoms with Gasteiger partial charge in [0.05, 0.1) is 10.6 Å². The van der Waals surface area contributed by atoms with Crippen LogP contribution in [0, 0.1) is 5.82 Å². The molecule has 4 rings (SSSR count). The number of carbonyl (C=O) groups is 1. The molecule has 8 nitrogen and oxygen atoms in total. The van der Waals surface area contributed by atoms with Crippen LogP contribution in [0.4, 0.5) is 4.39 Å². The first-order valence-corrected chi connectivity index (χ1v) is 11.7. The summed E-state index contributed by atoms with van der Waals surface area (Å²) in [6, 6.07) is 11.6. The molecule has 0 radical (unpaired) electrons. The maximum atomic E-state index is 13.3. The summed E-state index contributed by atoms with van der Waals surface area (Å²) in [7, 11) is -3.77. The minimum atomic E-state index is -3.77. The molecule has 0 atom stereocenters. The molecule has 1 aliphatic rings. The first-order chi connectivity index (χ1) is 15.3. The number of aromatic nitrogens is 2. The van der Waals surface area contributed by atoms with Crippen molar-refractivity contribution in [2.24, 2.45) is 5.14 Å². The fraction of sp³-hybridized carbons (Fsp3) is 0.273. The standard InChI is InChI=1S/C22H22FN3O5S/c23-15-5-7-16(8-6-15)26-20-4-2-1-3-19(20)21(25-26)22(27)31-14-13-30-17-9-11-18(12-10-17)32(24,28)29/h5-12H,1-4,13-14H2,(H2,24,28,29). The van der Waals surface area contributed by atoms with Gasteiger partial charge in [0, 0.05) is 11.3 Å². The summed E-state index contributed by atoms with van der Waals surface area (Å²) in [4.78, 5) is 12.7. The number of rotatable bonds is 7. The molecule has 1 aliphatic carbocycles. The Morgan fingerprint density at radius 1 is 1.03 bits per heavy atom. The number of hydrogen-bond acceptors (Lipinski definition) is 6. The smallest absolute Gasteiger partial charge is 0.359 e. The third-order valence-electron chi connectivity index (χ3n) is 5.18. The minimum Gasteiger partial charge on any atom is -0.490 e. The number of esters is 1. The Morgan fingerprint density at radius 2 is 1.72 bits per heavy atom. The average Bonchev–Trinajstić information content (AvgIpc) is 3.17. The van der Waals surface area contributed by atoms with Gasteiger partial charge in [0.2, 0.25) is 10.0 Å². The van der Waals surface area contributed by atoms with Crippen LogP contribution in [0.3, 0.4) is 0 Å². The van der Waals surface area contributed by atoms with Gasteiger partial charge >= 0.3 is 5.97 Å². The maximum absolute atomic E-state index is 13.3. The van der Waals surface area contributed by atoms with Crippen LogP contribution in [0.1, 0.15) is 34.6 Å². The molecule has 1 heterocycles. The number of carbonyl (C=O) groups excluding carboxylic acids is 1. The van der Waals surface area contributed by atoms with Gasteiger partial charge in [-0.2, -0.15) is 5.10 Å². The van der Waals surface area contributed by atoms with Crippen molar-refractivity contribution in [2.45, 2.75) is 30.6 Å². The molecule has 0 unspecified atom stereocenters. The molecule has 3 aromatic rings. The topological polar surface area (TPSA) is 114 Å². The van der Waals surface area contributed by atoms with Crippen molar-refractivity contribution in [3.63, 3.8) is 0 Å². The number of fused-ring (bicyclic) bond motifs is 1. The van der Waals surface area contributed by atoms with Crippen LogP contribution in [0.15, 0.2) is 53.4 Å². The number of ether oxygens (including phenoxy) is 2. The predicted octanol–water partition coefficient (Wildman–Crippen LogP) is 2.77. The van der Waals surface area contributed by atoms with Gasteiger partial charge in [0.1, 0.15) is 24.8 Å². The lowest BCUT2D eigenvalue weighted by Crippen LogP contribution is -2.15. The zero-order valence-electron chi connectivity index (χ0n) is 17.2. The summed E-state index contributed by atoms with van der Waals surface area (Å²) in [5.41, 5.74) is 2.77. The van der Waals surface area contributed by atoms with E-state index < -0.39 is 16.0 Å². The zero-order valence-corrected chi connectivity index (χ0v) is 18.0. The van der Waals surface area contributed by atoms with Crippen molar-refractivity contribution in [2.75, 3.05) is 13.2 Å². The van der Waals surface area contributed by atoms with Crippen molar-refractivity contribution in [3.8, 4) is 11.4 Å². The molecular weight excluding hydrogens is 437 g/mol. The maximum Gasteiger partial charge on any atom is 0.359 e. The summed E-state index contributed by atoms with van der Waals surface area (Å²) >= 11 is 0. The van der Waals surface area contributed by atoms with E-state index >= 15 is 0 Å². The summed E-state index contributed by atoms with van der Waals surface area (Å²) in [5, 5.41) is 9.53. The van der Waals surface area contributed by atoms with E-state index in [9.17, 15) is 17.6 Å². The van der Waals surface area contributed by atoms with Gasteiger partial charge in [-0.05, 0) is 74.2 Å². The van der Waals surface area contributed by atoms with Crippen LogP contribution >= 0.6 is 0 Å². The minimum absolute atomic E-state index is 0.00600. The first-order valence-electron chi connectivity index (χ1n) is 10.1. The van der Waals surface area contributed by atoms with Crippen molar-refractivity contribution in [3.05, 3.63) is 71.3 Å². The van der Waals surface area contributed by atoms with Crippen LogP contribution in [-0.4, -0.2) is 37.4 Å². The molecule has 2 N–H and O–H groups in total. The lowest BCUT2D eigenvalue weighted by molar-refractivity contribution is 0.0441. The normalized spacial score (nSPS) is 13.4. The second kappa shape index (κ2) is 9.09. The SMILES string of the molecule is NS(=O)(=O)c1ccc(OCCOC(=O)c2nn(-c3ccc(F)cc3)c3c2CCCC3)cc1. The molecule has 0 bridgehead atoms. The zero-order chi connectivity index (χ0) is 22.7. The Labute approximate surface area is 184 Å². The molecule has 10 heteroatoms. The fourth-order valence-electron chi connectivity index (χ4n) is 3.65. The van der Waals surface area contributed by atoms with E-state index in [0.717, 1.165) is 36.9 Å². The number of nitrogens with two attached hydrogens (primary N) is 1. The Kier molecular flexibility index (Phi) is 6.24. The number of halogens is 1. The second-order valence-corrected chi connectivity index (χ2v) is 8.93. The van der Waals surface area contributed by atoms with E-state index in [2.05, 4.69) is 5.10 Å². The van der Waals surface area contributed by atoms with E-state index in [0.29, 0.717) is 11.4 Å². The van der Waals surface area contributed by atoms with Crippen molar-refractivity contribution in [1.82, 2.24) is 9.78 Å². The Balaban J connectivity index is 1.41. The van der Waals surface area contributed by atoms with Crippen LogP contribution in [-0.2, 0) is 27.6 Å². The molecule has 168 valence electrons. The molecule has 0 spiro atoms. The molecule has 0 fully saturated rings. The van der Waals surface area contributed by atoms with Crippen LogP contribution in [0.25, 0.3) is 5.69 Å². The van der Waals surface area contributed by atoms with Gasteiger partial charge in [0.25, 0.3) is 0 Å². The quantitative estimate of drug-likeness (QED) is 0.429. The van der Waals surface area contributed by atoms with Gasteiger partial charge in [0.15, 0.2) is 5.69 Å². The summed E-state index contributed by atoms with van der Waals surface area (Å²) in [6.07, 6.45) is 3.46. The number of sulfonamides is 1. The van der Waals surface area contributed by atoms with Crippen LogP contribution in [0.5, 0.6) is 5.75 Å². The van der Waals surface area contributed by atoms with Gasteiger partial charge in [-0.25, -0.2) is 27.4 Å². The van der Waals surface area contributed by atoms with Crippen molar-refractivity contribution in [1.29, 1.82) is 0 Å². The van der Waals surface area contributed by atoms with Crippen LogP contribution in [0.2, 0.25) is 0 Å². The number of hydrogen-bond donors (Lipinski definition) is 1. The van der Waals surface area contributed by atoms with Crippen molar-refractivity contribution >= 4 is 16.0 Å². The highest BCUT2D eigenvalue weighted by atomic mass is 32.2. The Morgan fingerprint density at radius 3 is 2.41 bits per heavy atom. The van der Waals surface area contributed by atoms with Gasteiger partial charge < -0.3 is 9.47 Å². The van der Waals surface area contributed by atoms with Crippen LogP contribution < -0.4 is 9.88 Å². The highest BCUT2D eigenvalue weighted by Crippen LogP contribution is 2.27. The number of benzene rings is 2. The lowest BCUT2D eigenvalue weighted by Gasteiger charge is -2.14. The van der Waals surface area contributed by atoms with E-state index in [1.807, 2.05) is 0 Å². The predicted molar refractivity (Wildman–Crippen MR) is 114 cm³/mol. The first kappa shape index (κ1) is 22.0. The molecule has 0 amide bonds. The van der Waals surface area contributed by atoms with E-state index in [1.165, 1.54) is 36.4 Å². The second-order valence-electron chi connectivity index (χ2n) is 7.37. The monoisotopic (exact) mass is 459 g/mol. The number of primary sulfonamides is 1. The van der Waals surface area contributed by atoms with E-state index in [4.69, 9.17) is 14.6 Å². The molecule has 32 heavy (non-hydrogen) atoms. The molecule has 1 aromatic heterocycles. The third-order valence-corrected chi connectivity index (χ3v) is 6.11. The molecule has 2 aromatic carbocycles. The van der Waals surface area contributed by atoms with E-state index in [-0.39, 0.29) is 29.6 Å². The Bertz CT molecular complexity index is 1220. The average molecular weight is 459 g/mol. The fourth-order valence-corrected chi connectivity index (χ4v) is 4.16. The number of nitrogens with zero attached hydrogens (tertiary/aromatic N) is 2.